The molecule has 0 unspecified atom stereocenters. The maximum Gasteiger partial charge on any atom is 0.229 e. The Hall–Kier alpha value is -2.14. The number of hydrogen-bond donors (Lipinski definition) is 1. The Bertz CT molecular complexity index is 642. The van der Waals surface area contributed by atoms with Crippen LogP contribution in [0.1, 0.15) is 16.7 Å². The SMILES string of the molecule is Cc1cc(C)c(Nc2nccc(N3CCOCC3)n2)c(C)c1. The molecule has 0 saturated carbocycles. The van der Waals surface area contributed by atoms with Crippen molar-refractivity contribution >= 4 is 17.5 Å². The predicted octanol–water partition coefficient (Wildman–Crippen LogP) is 2.98. The number of aryl methyl sites for hydroxylation is 3. The normalized spacial score (nSPS) is 15.0. The van der Waals surface area contributed by atoms with Crippen molar-refractivity contribution in [1.82, 2.24) is 9.97 Å². The van der Waals surface area contributed by atoms with Gasteiger partial charge >= 0.3 is 0 Å². The number of nitrogens with one attached hydrogen (secondary N) is 1. The van der Waals surface area contributed by atoms with Gasteiger partial charge in [-0.15, -0.1) is 0 Å². The Morgan fingerprint density at radius 1 is 1.09 bits per heavy atom. The van der Waals surface area contributed by atoms with Crippen molar-refractivity contribution in [3.05, 3.63) is 41.1 Å². The molecule has 1 aromatic heterocycles. The maximum absolute atomic E-state index is 5.39. The van der Waals surface area contributed by atoms with Crippen LogP contribution in [0.3, 0.4) is 0 Å². The largest absolute Gasteiger partial charge is 0.378 e. The summed E-state index contributed by atoms with van der Waals surface area (Å²) in [6.07, 6.45) is 1.80. The second kappa shape index (κ2) is 6.32. The molecular formula is C17H22N4O. The standard InChI is InChI=1S/C17H22N4O/c1-12-10-13(2)16(14(3)11-12)20-17-18-5-4-15(19-17)21-6-8-22-9-7-21/h4-5,10-11H,6-9H2,1-3H3,(H,18,19,20). The Morgan fingerprint density at radius 2 is 1.77 bits per heavy atom. The molecular weight excluding hydrogens is 276 g/mol. The summed E-state index contributed by atoms with van der Waals surface area (Å²) < 4.78 is 5.39. The highest BCUT2D eigenvalue weighted by atomic mass is 16.5. The van der Waals surface area contributed by atoms with E-state index in [4.69, 9.17) is 4.74 Å². The molecule has 0 bridgehead atoms. The highest BCUT2D eigenvalue weighted by molar-refractivity contribution is 5.64. The first-order valence-corrected chi connectivity index (χ1v) is 7.64. The molecule has 5 heteroatoms. The molecule has 1 fully saturated rings. The lowest BCUT2D eigenvalue weighted by atomic mass is 10.1. The van der Waals surface area contributed by atoms with E-state index in [0.717, 1.165) is 37.8 Å². The van der Waals surface area contributed by atoms with E-state index in [2.05, 4.69) is 53.1 Å². The molecule has 0 amide bonds. The average molecular weight is 298 g/mol. The van der Waals surface area contributed by atoms with Crippen LogP contribution in [-0.2, 0) is 4.74 Å². The van der Waals surface area contributed by atoms with Gasteiger partial charge in [-0.25, -0.2) is 4.98 Å². The van der Waals surface area contributed by atoms with Crippen molar-refractivity contribution in [1.29, 1.82) is 0 Å². The molecule has 5 nitrogen and oxygen atoms in total. The number of anilines is 3. The lowest BCUT2D eigenvalue weighted by molar-refractivity contribution is 0.122. The van der Waals surface area contributed by atoms with Crippen LogP contribution in [0.4, 0.5) is 17.5 Å². The molecule has 0 spiro atoms. The van der Waals surface area contributed by atoms with Gasteiger partial charge in [0.2, 0.25) is 5.95 Å². The van der Waals surface area contributed by atoms with Gasteiger partial charge in [0.1, 0.15) is 5.82 Å². The monoisotopic (exact) mass is 298 g/mol. The van der Waals surface area contributed by atoms with Gasteiger partial charge in [0.25, 0.3) is 0 Å². The smallest absolute Gasteiger partial charge is 0.229 e. The Labute approximate surface area is 131 Å². The molecule has 1 N–H and O–H groups in total. The summed E-state index contributed by atoms with van der Waals surface area (Å²) in [4.78, 5) is 11.2. The molecule has 116 valence electrons. The zero-order chi connectivity index (χ0) is 15.5. The summed E-state index contributed by atoms with van der Waals surface area (Å²) in [6.45, 7) is 9.58. The predicted molar refractivity (Wildman–Crippen MR) is 89.0 cm³/mol. The number of aromatic nitrogens is 2. The molecule has 1 aliphatic heterocycles. The lowest BCUT2D eigenvalue weighted by Crippen LogP contribution is -2.36. The summed E-state index contributed by atoms with van der Waals surface area (Å²) in [6, 6.07) is 6.29. The van der Waals surface area contributed by atoms with Gasteiger partial charge in [-0.3, -0.25) is 0 Å². The van der Waals surface area contributed by atoms with E-state index >= 15 is 0 Å². The Morgan fingerprint density at radius 3 is 2.45 bits per heavy atom. The minimum absolute atomic E-state index is 0.638. The third-order valence-corrected chi connectivity index (χ3v) is 3.89. The van der Waals surface area contributed by atoms with E-state index in [9.17, 15) is 0 Å². The van der Waals surface area contributed by atoms with Crippen LogP contribution in [0.15, 0.2) is 24.4 Å². The molecule has 0 aliphatic carbocycles. The van der Waals surface area contributed by atoms with Crippen molar-refractivity contribution in [3.63, 3.8) is 0 Å². The molecule has 3 rings (SSSR count). The van der Waals surface area contributed by atoms with Gasteiger partial charge in [0.15, 0.2) is 0 Å². The molecule has 2 aromatic rings. The van der Waals surface area contributed by atoms with E-state index in [0.29, 0.717) is 5.95 Å². The molecule has 1 aromatic carbocycles. The number of ether oxygens (including phenoxy) is 1. The van der Waals surface area contributed by atoms with Gasteiger partial charge in [0, 0.05) is 25.0 Å². The van der Waals surface area contributed by atoms with Crippen molar-refractivity contribution in [2.75, 3.05) is 36.5 Å². The molecule has 0 radical (unpaired) electrons. The van der Waals surface area contributed by atoms with E-state index in [-0.39, 0.29) is 0 Å². The van der Waals surface area contributed by atoms with Crippen molar-refractivity contribution in [2.45, 2.75) is 20.8 Å². The number of rotatable bonds is 3. The van der Waals surface area contributed by atoms with Gasteiger partial charge in [-0.2, -0.15) is 4.98 Å². The second-order valence-corrected chi connectivity index (χ2v) is 5.74. The van der Waals surface area contributed by atoms with Crippen LogP contribution in [0.2, 0.25) is 0 Å². The summed E-state index contributed by atoms with van der Waals surface area (Å²) in [5.74, 6) is 1.59. The molecule has 0 atom stereocenters. The minimum atomic E-state index is 0.638. The number of hydrogen-bond acceptors (Lipinski definition) is 5. The molecule has 1 saturated heterocycles. The van der Waals surface area contributed by atoms with Crippen LogP contribution >= 0.6 is 0 Å². The second-order valence-electron chi connectivity index (χ2n) is 5.74. The van der Waals surface area contributed by atoms with Crippen molar-refractivity contribution < 1.29 is 4.74 Å². The first-order chi connectivity index (χ1) is 10.6. The summed E-state index contributed by atoms with van der Waals surface area (Å²) in [5.41, 5.74) is 4.77. The highest BCUT2D eigenvalue weighted by Gasteiger charge is 2.13. The Balaban J connectivity index is 1.84. The van der Waals surface area contributed by atoms with E-state index in [1.807, 2.05) is 6.07 Å². The first-order valence-electron chi connectivity index (χ1n) is 7.64. The summed E-state index contributed by atoms with van der Waals surface area (Å²) >= 11 is 0. The van der Waals surface area contributed by atoms with Crippen LogP contribution < -0.4 is 10.2 Å². The first kappa shape index (κ1) is 14.8. The van der Waals surface area contributed by atoms with E-state index in [1.54, 1.807) is 6.20 Å². The van der Waals surface area contributed by atoms with Crippen LogP contribution in [0.5, 0.6) is 0 Å². The number of nitrogens with zero attached hydrogens (tertiary/aromatic N) is 3. The van der Waals surface area contributed by atoms with Gasteiger partial charge in [0.05, 0.1) is 13.2 Å². The van der Waals surface area contributed by atoms with E-state index < -0.39 is 0 Å². The minimum Gasteiger partial charge on any atom is -0.378 e. The van der Waals surface area contributed by atoms with Crippen LogP contribution in [-0.4, -0.2) is 36.3 Å². The third-order valence-electron chi connectivity index (χ3n) is 3.89. The van der Waals surface area contributed by atoms with Crippen LogP contribution in [0, 0.1) is 20.8 Å². The summed E-state index contributed by atoms with van der Waals surface area (Å²) in [5, 5.41) is 3.37. The third kappa shape index (κ3) is 3.20. The van der Waals surface area contributed by atoms with Gasteiger partial charge < -0.3 is 15.0 Å². The topological polar surface area (TPSA) is 50.3 Å². The highest BCUT2D eigenvalue weighted by Crippen LogP contribution is 2.25. The van der Waals surface area contributed by atoms with Gasteiger partial charge in [-0.1, -0.05) is 17.7 Å². The van der Waals surface area contributed by atoms with E-state index in [1.165, 1.54) is 16.7 Å². The quantitative estimate of drug-likeness (QED) is 0.944. The fraction of sp³-hybridized carbons (Fsp3) is 0.412. The van der Waals surface area contributed by atoms with Crippen LogP contribution in [0.25, 0.3) is 0 Å². The summed E-state index contributed by atoms with van der Waals surface area (Å²) in [7, 11) is 0. The van der Waals surface area contributed by atoms with Crippen molar-refractivity contribution in [2.24, 2.45) is 0 Å². The molecule has 22 heavy (non-hydrogen) atoms. The fourth-order valence-electron chi connectivity index (χ4n) is 2.87. The average Bonchev–Trinajstić information content (AvgIpc) is 2.52. The Kier molecular flexibility index (Phi) is 4.24. The zero-order valence-electron chi connectivity index (χ0n) is 13.4. The lowest BCUT2D eigenvalue weighted by Gasteiger charge is -2.27. The maximum atomic E-state index is 5.39. The number of morpholine rings is 1. The zero-order valence-corrected chi connectivity index (χ0v) is 13.4. The fourth-order valence-corrected chi connectivity index (χ4v) is 2.87. The van der Waals surface area contributed by atoms with Crippen molar-refractivity contribution in [3.8, 4) is 0 Å². The molecule has 2 heterocycles. The molecule has 1 aliphatic rings. The number of benzene rings is 1. The van der Waals surface area contributed by atoms with Gasteiger partial charge in [-0.05, 0) is 38.0 Å².